The van der Waals surface area contributed by atoms with Crippen LogP contribution < -0.4 is 4.72 Å². The van der Waals surface area contributed by atoms with E-state index in [4.69, 9.17) is 11.6 Å². The molecule has 0 aliphatic rings. The van der Waals surface area contributed by atoms with Crippen molar-refractivity contribution in [2.24, 2.45) is 0 Å². The topological polar surface area (TPSA) is 115 Å². The van der Waals surface area contributed by atoms with E-state index in [9.17, 15) is 22.9 Å². The number of nitrogens with zero attached hydrogens (tertiary/aromatic N) is 3. The SMILES string of the molecule is O=[N+]([O-])c1cc(F)cc(NS(=O)(=O)c2cnc(Cl)nc2)c1. The van der Waals surface area contributed by atoms with Crippen molar-refractivity contribution in [1.29, 1.82) is 0 Å². The minimum Gasteiger partial charge on any atom is -0.279 e. The third kappa shape index (κ3) is 3.61. The molecule has 0 aliphatic heterocycles. The molecular weight excluding hydrogens is 327 g/mol. The molecule has 2 rings (SSSR count). The summed E-state index contributed by atoms with van der Waals surface area (Å²) in [6.07, 6.45) is 1.90. The van der Waals surface area contributed by atoms with Gasteiger partial charge in [0, 0.05) is 6.07 Å². The first kappa shape index (κ1) is 15.1. The number of rotatable bonds is 4. The van der Waals surface area contributed by atoms with Crippen molar-refractivity contribution in [3.8, 4) is 0 Å². The van der Waals surface area contributed by atoms with E-state index in [1.54, 1.807) is 0 Å². The zero-order chi connectivity index (χ0) is 15.6. The van der Waals surface area contributed by atoms with Crippen molar-refractivity contribution >= 4 is 33.0 Å². The molecule has 1 aromatic heterocycles. The average Bonchev–Trinajstić information content (AvgIpc) is 2.37. The number of nitro groups is 1. The highest BCUT2D eigenvalue weighted by atomic mass is 35.5. The number of non-ortho nitro benzene ring substituents is 1. The van der Waals surface area contributed by atoms with Crippen molar-refractivity contribution < 1.29 is 17.7 Å². The highest BCUT2D eigenvalue weighted by Gasteiger charge is 2.18. The predicted octanol–water partition coefficient (Wildman–Crippen LogP) is 1.98. The average molecular weight is 333 g/mol. The van der Waals surface area contributed by atoms with E-state index in [1.165, 1.54) is 0 Å². The maximum absolute atomic E-state index is 13.2. The van der Waals surface area contributed by atoms with Gasteiger partial charge in [0.05, 0.1) is 29.1 Å². The number of sulfonamides is 1. The van der Waals surface area contributed by atoms with Gasteiger partial charge < -0.3 is 0 Å². The first-order valence-corrected chi connectivity index (χ1v) is 7.09. The molecule has 0 saturated heterocycles. The number of aromatic nitrogens is 2. The summed E-state index contributed by atoms with van der Waals surface area (Å²) < 4.78 is 39.2. The van der Waals surface area contributed by atoms with E-state index in [0.717, 1.165) is 24.5 Å². The van der Waals surface area contributed by atoms with Crippen molar-refractivity contribution in [1.82, 2.24) is 9.97 Å². The number of anilines is 1. The molecule has 0 bridgehead atoms. The van der Waals surface area contributed by atoms with E-state index in [1.807, 2.05) is 4.72 Å². The highest BCUT2D eigenvalue weighted by molar-refractivity contribution is 7.92. The fourth-order valence-corrected chi connectivity index (χ4v) is 2.42. The van der Waals surface area contributed by atoms with Crippen LogP contribution in [0, 0.1) is 15.9 Å². The van der Waals surface area contributed by atoms with Crippen LogP contribution >= 0.6 is 11.6 Å². The molecule has 1 N–H and O–H groups in total. The summed E-state index contributed by atoms with van der Waals surface area (Å²) in [7, 11) is -4.11. The maximum atomic E-state index is 13.2. The molecular formula is C10H6ClFN4O4S. The summed E-state index contributed by atoms with van der Waals surface area (Å²) in [5.74, 6) is -0.950. The van der Waals surface area contributed by atoms with E-state index in [-0.39, 0.29) is 15.9 Å². The Balaban J connectivity index is 2.36. The Morgan fingerprint density at radius 3 is 2.43 bits per heavy atom. The molecule has 0 saturated carbocycles. The molecule has 1 heterocycles. The molecule has 2 aromatic rings. The minimum atomic E-state index is -4.11. The van der Waals surface area contributed by atoms with E-state index in [0.29, 0.717) is 6.07 Å². The van der Waals surface area contributed by atoms with Gasteiger partial charge in [-0.3, -0.25) is 14.8 Å². The van der Waals surface area contributed by atoms with Crippen LogP contribution in [0.25, 0.3) is 0 Å². The second-order valence-electron chi connectivity index (χ2n) is 3.75. The Kier molecular flexibility index (Phi) is 4.00. The summed E-state index contributed by atoms with van der Waals surface area (Å²) >= 11 is 5.44. The first-order chi connectivity index (χ1) is 9.78. The molecule has 0 spiro atoms. The number of nitrogens with one attached hydrogen (secondary N) is 1. The minimum absolute atomic E-state index is 0.143. The number of halogens is 2. The van der Waals surface area contributed by atoms with Crippen LogP contribution in [0.2, 0.25) is 5.28 Å². The van der Waals surface area contributed by atoms with Crippen molar-refractivity contribution in [2.75, 3.05) is 4.72 Å². The van der Waals surface area contributed by atoms with Gasteiger partial charge in [-0.1, -0.05) is 0 Å². The second-order valence-corrected chi connectivity index (χ2v) is 5.77. The van der Waals surface area contributed by atoms with E-state index < -0.39 is 26.5 Å². The molecule has 0 atom stereocenters. The lowest BCUT2D eigenvalue weighted by molar-refractivity contribution is -0.385. The first-order valence-electron chi connectivity index (χ1n) is 5.23. The Morgan fingerprint density at radius 2 is 1.86 bits per heavy atom. The molecule has 110 valence electrons. The lowest BCUT2D eigenvalue weighted by Crippen LogP contribution is -2.14. The van der Waals surface area contributed by atoms with Crippen LogP contribution in [-0.2, 0) is 10.0 Å². The van der Waals surface area contributed by atoms with Gasteiger partial charge in [0.2, 0.25) is 5.28 Å². The maximum Gasteiger partial charge on any atom is 0.274 e. The quantitative estimate of drug-likeness (QED) is 0.520. The van der Waals surface area contributed by atoms with Gasteiger partial charge in [0.1, 0.15) is 10.7 Å². The fourth-order valence-electron chi connectivity index (χ4n) is 1.39. The van der Waals surface area contributed by atoms with Gasteiger partial charge >= 0.3 is 0 Å². The van der Waals surface area contributed by atoms with E-state index >= 15 is 0 Å². The standard InChI is InChI=1S/C10H6ClFN4O4S/c11-10-13-4-9(5-14-10)21(19,20)15-7-1-6(12)2-8(3-7)16(17)18/h1-5,15H. The van der Waals surface area contributed by atoms with Gasteiger partial charge in [0.15, 0.2) is 0 Å². The lowest BCUT2D eigenvalue weighted by atomic mass is 10.3. The Morgan fingerprint density at radius 1 is 1.24 bits per heavy atom. The molecule has 8 nitrogen and oxygen atoms in total. The lowest BCUT2D eigenvalue weighted by Gasteiger charge is -2.07. The normalized spacial score (nSPS) is 11.1. The summed E-state index contributed by atoms with van der Waals surface area (Å²) in [5.41, 5.74) is -0.878. The Hall–Kier alpha value is -2.33. The molecule has 21 heavy (non-hydrogen) atoms. The fraction of sp³-hybridized carbons (Fsp3) is 0. The van der Waals surface area contributed by atoms with Crippen molar-refractivity contribution in [3.05, 3.63) is 51.8 Å². The van der Waals surface area contributed by atoms with Gasteiger partial charge in [0.25, 0.3) is 15.7 Å². The number of hydrogen-bond donors (Lipinski definition) is 1. The van der Waals surface area contributed by atoms with Crippen LogP contribution in [0.15, 0.2) is 35.5 Å². The van der Waals surface area contributed by atoms with Gasteiger partial charge in [-0.25, -0.2) is 22.8 Å². The number of benzene rings is 1. The summed E-state index contributed by atoms with van der Waals surface area (Å²) in [5, 5.41) is 10.5. The predicted molar refractivity (Wildman–Crippen MR) is 70.9 cm³/mol. The second kappa shape index (κ2) is 5.58. The van der Waals surface area contributed by atoms with Crippen LogP contribution in [0.3, 0.4) is 0 Å². The Labute approximate surface area is 122 Å². The molecule has 0 radical (unpaired) electrons. The third-order valence-electron chi connectivity index (χ3n) is 2.25. The largest absolute Gasteiger partial charge is 0.279 e. The number of hydrogen-bond acceptors (Lipinski definition) is 6. The van der Waals surface area contributed by atoms with Gasteiger partial charge in [-0.2, -0.15) is 0 Å². The molecule has 1 aromatic carbocycles. The van der Waals surface area contributed by atoms with Gasteiger partial charge in [-0.05, 0) is 17.7 Å². The molecule has 11 heteroatoms. The number of nitro benzene ring substituents is 1. The van der Waals surface area contributed by atoms with Crippen molar-refractivity contribution in [3.63, 3.8) is 0 Å². The summed E-state index contributed by atoms with van der Waals surface area (Å²) in [6, 6.07) is 2.36. The monoisotopic (exact) mass is 332 g/mol. The summed E-state index contributed by atoms with van der Waals surface area (Å²) in [6.45, 7) is 0. The zero-order valence-corrected chi connectivity index (χ0v) is 11.6. The van der Waals surface area contributed by atoms with Crippen LogP contribution in [-0.4, -0.2) is 23.3 Å². The Bertz CT molecular complexity index is 797. The molecule has 0 amide bonds. The zero-order valence-electron chi connectivity index (χ0n) is 10.0. The third-order valence-corrected chi connectivity index (χ3v) is 3.78. The van der Waals surface area contributed by atoms with E-state index in [2.05, 4.69) is 9.97 Å². The highest BCUT2D eigenvalue weighted by Crippen LogP contribution is 2.22. The molecule has 0 fully saturated rings. The summed E-state index contributed by atoms with van der Waals surface area (Å²) in [4.78, 5) is 16.5. The van der Waals surface area contributed by atoms with Gasteiger partial charge in [-0.15, -0.1) is 0 Å². The van der Waals surface area contributed by atoms with Crippen LogP contribution in [0.4, 0.5) is 15.8 Å². The smallest absolute Gasteiger partial charge is 0.274 e. The van der Waals surface area contributed by atoms with Crippen LogP contribution in [0.5, 0.6) is 0 Å². The molecule has 0 aliphatic carbocycles. The molecule has 0 unspecified atom stereocenters. The van der Waals surface area contributed by atoms with Crippen LogP contribution in [0.1, 0.15) is 0 Å². The van der Waals surface area contributed by atoms with Crippen molar-refractivity contribution in [2.45, 2.75) is 4.90 Å².